The van der Waals surface area contributed by atoms with Crippen LogP contribution >= 0.6 is 0 Å². The lowest BCUT2D eigenvalue weighted by Crippen LogP contribution is -2.30. The van der Waals surface area contributed by atoms with Gasteiger partial charge in [0, 0.05) is 19.6 Å². The number of hydrogen-bond acceptors (Lipinski definition) is 2. The fourth-order valence-electron chi connectivity index (χ4n) is 2.16. The van der Waals surface area contributed by atoms with Crippen LogP contribution in [0.4, 0.5) is 0 Å². The van der Waals surface area contributed by atoms with Crippen LogP contribution in [0, 0.1) is 5.92 Å². The highest BCUT2D eigenvalue weighted by Gasteiger charge is 2.12. The summed E-state index contributed by atoms with van der Waals surface area (Å²) in [6, 6.07) is 9.05. The van der Waals surface area contributed by atoms with Gasteiger partial charge in [-0.05, 0) is 36.1 Å². The maximum absolute atomic E-state index is 3.49. The SMILES string of the molecule is CC(C)CNCCN(C)Cc1ccc(C(C)(C)C)cc1. The van der Waals surface area contributed by atoms with Gasteiger partial charge in [0.2, 0.25) is 0 Å². The van der Waals surface area contributed by atoms with Crippen LogP contribution in [0.15, 0.2) is 24.3 Å². The minimum absolute atomic E-state index is 0.241. The molecule has 0 spiro atoms. The normalized spacial score (nSPS) is 12.4. The van der Waals surface area contributed by atoms with Crippen LogP contribution in [-0.4, -0.2) is 31.6 Å². The molecule has 0 fully saturated rings. The first-order chi connectivity index (χ1) is 9.29. The molecule has 0 aliphatic rings. The van der Waals surface area contributed by atoms with E-state index in [1.54, 1.807) is 0 Å². The summed E-state index contributed by atoms with van der Waals surface area (Å²) in [4.78, 5) is 2.37. The van der Waals surface area contributed by atoms with Crippen LogP contribution < -0.4 is 5.32 Å². The van der Waals surface area contributed by atoms with E-state index in [0.29, 0.717) is 0 Å². The largest absolute Gasteiger partial charge is 0.315 e. The summed E-state index contributed by atoms with van der Waals surface area (Å²) >= 11 is 0. The Hall–Kier alpha value is -0.860. The number of nitrogens with zero attached hydrogens (tertiary/aromatic N) is 1. The average Bonchev–Trinajstić information content (AvgIpc) is 2.34. The van der Waals surface area contributed by atoms with Gasteiger partial charge in [-0.2, -0.15) is 0 Å². The molecule has 0 unspecified atom stereocenters. The Bertz CT molecular complexity index is 373. The maximum Gasteiger partial charge on any atom is 0.0231 e. The Balaban J connectivity index is 2.37. The zero-order valence-electron chi connectivity index (χ0n) is 14.2. The molecule has 0 saturated heterocycles. The van der Waals surface area contributed by atoms with E-state index in [-0.39, 0.29) is 5.41 Å². The molecule has 0 radical (unpaired) electrons. The summed E-state index contributed by atoms with van der Waals surface area (Å²) in [7, 11) is 2.19. The molecule has 2 nitrogen and oxygen atoms in total. The zero-order chi connectivity index (χ0) is 15.2. The first kappa shape index (κ1) is 17.2. The summed E-state index contributed by atoms with van der Waals surface area (Å²) < 4.78 is 0. The van der Waals surface area contributed by atoms with E-state index in [1.807, 2.05) is 0 Å². The highest BCUT2D eigenvalue weighted by atomic mass is 15.1. The molecule has 0 heterocycles. The topological polar surface area (TPSA) is 15.3 Å². The molecule has 114 valence electrons. The fourth-order valence-corrected chi connectivity index (χ4v) is 2.16. The van der Waals surface area contributed by atoms with Crippen LogP contribution in [0.3, 0.4) is 0 Å². The summed E-state index contributed by atoms with van der Waals surface area (Å²) in [5.41, 5.74) is 3.04. The second kappa shape index (κ2) is 7.80. The zero-order valence-corrected chi connectivity index (χ0v) is 14.2. The van der Waals surface area contributed by atoms with Crippen molar-refractivity contribution in [2.75, 3.05) is 26.7 Å². The smallest absolute Gasteiger partial charge is 0.0231 e. The van der Waals surface area contributed by atoms with Gasteiger partial charge in [0.15, 0.2) is 0 Å². The highest BCUT2D eigenvalue weighted by Crippen LogP contribution is 2.22. The van der Waals surface area contributed by atoms with Gasteiger partial charge < -0.3 is 10.2 Å². The summed E-state index contributed by atoms with van der Waals surface area (Å²) in [6.07, 6.45) is 0. The lowest BCUT2D eigenvalue weighted by atomic mass is 9.87. The van der Waals surface area contributed by atoms with Gasteiger partial charge >= 0.3 is 0 Å². The van der Waals surface area contributed by atoms with Gasteiger partial charge in [-0.1, -0.05) is 58.9 Å². The minimum Gasteiger partial charge on any atom is -0.315 e. The van der Waals surface area contributed by atoms with E-state index in [0.717, 1.165) is 32.1 Å². The molecule has 1 rings (SSSR count). The number of likely N-dealkylation sites (N-methyl/N-ethyl adjacent to an activating group) is 1. The number of nitrogens with one attached hydrogen (secondary N) is 1. The molecule has 0 bridgehead atoms. The summed E-state index contributed by atoms with van der Waals surface area (Å²) in [6.45, 7) is 15.5. The van der Waals surface area contributed by atoms with Gasteiger partial charge in [0.25, 0.3) is 0 Å². The van der Waals surface area contributed by atoms with Crippen LogP contribution in [0.2, 0.25) is 0 Å². The van der Waals surface area contributed by atoms with Crippen molar-refractivity contribution in [2.45, 2.75) is 46.6 Å². The maximum atomic E-state index is 3.49. The van der Waals surface area contributed by atoms with E-state index in [1.165, 1.54) is 11.1 Å². The second-order valence-corrected chi connectivity index (χ2v) is 7.28. The lowest BCUT2D eigenvalue weighted by molar-refractivity contribution is 0.321. The standard InChI is InChI=1S/C18H32N2/c1-15(2)13-19-11-12-20(6)14-16-7-9-17(10-8-16)18(3,4)5/h7-10,15,19H,11-14H2,1-6H3. The van der Waals surface area contributed by atoms with Crippen molar-refractivity contribution in [3.63, 3.8) is 0 Å². The van der Waals surface area contributed by atoms with Crippen molar-refractivity contribution in [1.29, 1.82) is 0 Å². The molecule has 0 aliphatic carbocycles. The molecule has 0 amide bonds. The molecule has 1 N–H and O–H groups in total. The molecule has 0 saturated carbocycles. The van der Waals surface area contributed by atoms with Gasteiger partial charge in [0.1, 0.15) is 0 Å². The van der Waals surface area contributed by atoms with Gasteiger partial charge in [-0.15, -0.1) is 0 Å². The van der Waals surface area contributed by atoms with Crippen molar-refractivity contribution in [2.24, 2.45) is 5.92 Å². The van der Waals surface area contributed by atoms with E-state index >= 15 is 0 Å². The van der Waals surface area contributed by atoms with Gasteiger partial charge in [0.05, 0.1) is 0 Å². The van der Waals surface area contributed by atoms with Crippen LogP contribution in [0.1, 0.15) is 45.7 Å². The molecule has 20 heavy (non-hydrogen) atoms. The average molecular weight is 276 g/mol. The lowest BCUT2D eigenvalue weighted by Gasteiger charge is -2.21. The van der Waals surface area contributed by atoms with Crippen LogP contribution in [0.25, 0.3) is 0 Å². The first-order valence-corrected chi connectivity index (χ1v) is 7.77. The Morgan fingerprint density at radius 2 is 1.70 bits per heavy atom. The number of hydrogen-bond donors (Lipinski definition) is 1. The Morgan fingerprint density at radius 1 is 1.10 bits per heavy atom. The monoisotopic (exact) mass is 276 g/mol. The molecular weight excluding hydrogens is 244 g/mol. The second-order valence-electron chi connectivity index (χ2n) is 7.28. The first-order valence-electron chi connectivity index (χ1n) is 7.77. The summed E-state index contributed by atoms with van der Waals surface area (Å²) in [5.74, 6) is 0.727. The van der Waals surface area contributed by atoms with Crippen LogP contribution in [0.5, 0.6) is 0 Å². The fraction of sp³-hybridized carbons (Fsp3) is 0.667. The van der Waals surface area contributed by atoms with Crippen molar-refractivity contribution in [1.82, 2.24) is 10.2 Å². The van der Waals surface area contributed by atoms with Crippen molar-refractivity contribution >= 4 is 0 Å². The Morgan fingerprint density at radius 3 is 2.20 bits per heavy atom. The van der Waals surface area contributed by atoms with Gasteiger partial charge in [-0.3, -0.25) is 0 Å². The predicted molar refractivity (Wildman–Crippen MR) is 89.2 cm³/mol. The molecule has 1 aromatic carbocycles. The number of benzene rings is 1. The predicted octanol–water partition coefficient (Wildman–Crippen LogP) is 3.66. The third-order valence-corrected chi connectivity index (χ3v) is 3.50. The summed E-state index contributed by atoms with van der Waals surface area (Å²) in [5, 5.41) is 3.49. The highest BCUT2D eigenvalue weighted by molar-refractivity contribution is 5.27. The van der Waals surface area contributed by atoms with Crippen molar-refractivity contribution in [3.8, 4) is 0 Å². The Labute approximate surface area is 125 Å². The quantitative estimate of drug-likeness (QED) is 0.765. The van der Waals surface area contributed by atoms with Gasteiger partial charge in [-0.25, -0.2) is 0 Å². The van der Waals surface area contributed by atoms with E-state index in [2.05, 4.69) is 76.1 Å². The third-order valence-electron chi connectivity index (χ3n) is 3.50. The third kappa shape index (κ3) is 6.53. The molecular formula is C18H32N2. The molecule has 2 heteroatoms. The van der Waals surface area contributed by atoms with Crippen LogP contribution in [-0.2, 0) is 12.0 Å². The van der Waals surface area contributed by atoms with E-state index < -0.39 is 0 Å². The molecule has 0 aromatic heterocycles. The van der Waals surface area contributed by atoms with E-state index in [9.17, 15) is 0 Å². The molecule has 1 aromatic rings. The number of rotatable bonds is 7. The van der Waals surface area contributed by atoms with Crippen molar-refractivity contribution < 1.29 is 0 Å². The minimum atomic E-state index is 0.241. The molecule has 0 aliphatic heterocycles. The Kier molecular flexibility index (Phi) is 6.70. The van der Waals surface area contributed by atoms with E-state index in [4.69, 9.17) is 0 Å². The molecule has 0 atom stereocenters. The van der Waals surface area contributed by atoms with Crippen molar-refractivity contribution in [3.05, 3.63) is 35.4 Å².